The second kappa shape index (κ2) is 7.77. The van der Waals surface area contributed by atoms with Crippen LogP contribution in [0.2, 0.25) is 0 Å². The fourth-order valence-corrected chi connectivity index (χ4v) is 2.11. The molecule has 1 rings (SSSR count). The number of rotatable bonds is 7. The van der Waals surface area contributed by atoms with Crippen LogP contribution in [0.3, 0.4) is 0 Å². The fraction of sp³-hybridized carbons (Fsp3) is 0.571. The molecule has 0 heterocycles. The van der Waals surface area contributed by atoms with Gasteiger partial charge in [-0.2, -0.15) is 0 Å². The van der Waals surface area contributed by atoms with Gasteiger partial charge in [-0.25, -0.2) is 0 Å². The lowest BCUT2D eigenvalue weighted by Crippen LogP contribution is -2.27. The lowest BCUT2D eigenvalue weighted by molar-refractivity contribution is 0.0609. The van der Waals surface area contributed by atoms with Crippen molar-refractivity contribution in [2.45, 2.75) is 32.9 Å². The van der Waals surface area contributed by atoms with Crippen molar-refractivity contribution in [3.63, 3.8) is 0 Å². The highest BCUT2D eigenvalue weighted by atomic mass is 79.9. The highest BCUT2D eigenvalue weighted by Crippen LogP contribution is 2.29. The Morgan fingerprint density at radius 1 is 1.33 bits per heavy atom. The maximum absolute atomic E-state index is 5.71. The van der Waals surface area contributed by atoms with Crippen LogP contribution in [0.15, 0.2) is 22.7 Å². The molecule has 0 saturated heterocycles. The minimum Gasteiger partial charge on any atom is -0.496 e. The summed E-state index contributed by atoms with van der Waals surface area (Å²) < 4.78 is 12.2. The van der Waals surface area contributed by atoms with E-state index in [4.69, 9.17) is 9.47 Å². The summed E-state index contributed by atoms with van der Waals surface area (Å²) in [5.41, 5.74) is 1.13. The zero-order chi connectivity index (χ0) is 13.5. The first kappa shape index (κ1) is 15.5. The van der Waals surface area contributed by atoms with E-state index in [-0.39, 0.29) is 12.1 Å². The Kier molecular flexibility index (Phi) is 6.68. The van der Waals surface area contributed by atoms with Crippen LogP contribution in [0.5, 0.6) is 5.75 Å². The van der Waals surface area contributed by atoms with Gasteiger partial charge in [-0.15, -0.1) is 0 Å². The van der Waals surface area contributed by atoms with E-state index >= 15 is 0 Å². The molecule has 1 aromatic rings. The van der Waals surface area contributed by atoms with Crippen LogP contribution in [0.25, 0.3) is 0 Å². The van der Waals surface area contributed by atoms with Gasteiger partial charge in [-0.1, -0.05) is 28.9 Å². The summed E-state index contributed by atoms with van der Waals surface area (Å²) in [7, 11) is 1.69. The molecule has 0 aliphatic heterocycles. The molecule has 1 unspecified atom stereocenters. The fourth-order valence-electron chi connectivity index (χ4n) is 1.77. The van der Waals surface area contributed by atoms with Crippen molar-refractivity contribution in [1.82, 2.24) is 5.32 Å². The third-order valence-electron chi connectivity index (χ3n) is 2.62. The van der Waals surface area contributed by atoms with Gasteiger partial charge in [0.1, 0.15) is 5.75 Å². The Bertz CT molecular complexity index is 369. The van der Waals surface area contributed by atoms with Crippen molar-refractivity contribution in [2.75, 3.05) is 20.3 Å². The van der Waals surface area contributed by atoms with Crippen LogP contribution >= 0.6 is 15.9 Å². The Labute approximate surface area is 118 Å². The maximum Gasteiger partial charge on any atom is 0.124 e. The van der Waals surface area contributed by atoms with Crippen molar-refractivity contribution >= 4 is 15.9 Å². The summed E-state index contributed by atoms with van der Waals surface area (Å²) in [6.45, 7) is 7.71. The molecule has 1 atom stereocenters. The van der Waals surface area contributed by atoms with Gasteiger partial charge in [-0.05, 0) is 32.5 Å². The van der Waals surface area contributed by atoms with Gasteiger partial charge < -0.3 is 14.8 Å². The predicted molar refractivity (Wildman–Crippen MR) is 78.2 cm³/mol. The van der Waals surface area contributed by atoms with Crippen molar-refractivity contribution in [1.29, 1.82) is 0 Å². The second-order valence-corrected chi connectivity index (χ2v) is 5.29. The SMILES string of the molecule is CCNC(COC(C)C)c1ccc(Br)cc1OC. The molecule has 18 heavy (non-hydrogen) atoms. The lowest BCUT2D eigenvalue weighted by Gasteiger charge is -2.22. The topological polar surface area (TPSA) is 30.5 Å². The molecule has 0 fully saturated rings. The van der Waals surface area contributed by atoms with E-state index in [1.807, 2.05) is 26.0 Å². The van der Waals surface area contributed by atoms with Crippen molar-refractivity contribution in [3.8, 4) is 5.75 Å². The summed E-state index contributed by atoms with van der Waals surface area (Å²) in [4.78, 5) is 0. The molecule has 0 radical (unpaired) electrons. The minimum absolute atomic E-state index is 0.153. The number of hydrogen-bond donors (Lipinski definition) is 1. The van der Waals surface area contributed by atoms with Gasteiger partial charge in [0.15, 0.2) is 0 Å². The quantitative estimate of drug-likeness (QED) is 0.835. The lowest BCUT2D eigenvalue weighted by atomic mass is 10.1. The zero-order valence-corrected chi connectivity index (χ0v) is 13.1. The number of nitrogens with one attached hydrogen (secondary N) is 1. The number of likely N-dealkylation sites (N-methyl/N-ethyl adjacent to an activating group) is 1. The smallest absolute Gasteiger partial charge is 0.124 e. The standard InChI is InChI=1S/C14H22BrNO2/c1-5-16-13(9-18-10(2)3)12-7-6-11(15)8-14(12)17-4/h6-8,10,13,16H,5,9H2,1-4H3. The van der Waals surface area contributed by atoms with Gasteiger partial charge >= 0.3 is 0 Å². The van der Waals surface area contributed by atoms with Crippen LogP contribution in [-0.2, 0) is 4.74 Å². The van der Waals surface area contributed by atoms with Crippen LogP contribution in [0, 0.1) is 0 Å². The predicted octanol–water partition coefficient (Wildman–Crippen LogP) is 3.53. The summed E-state index contributed by atoms with van der Waals surface area (Å²) >= 11 is 3.46. The Morgan fingerprint density at radius 3 is 2.61 bits per heavy atom. The normalized spacial score (nSPS) is 12.8. The van der Waals surface area contributed by atoms with E-state index in [0.29, 0.717) is 6.61 Å². The van der Waals surface area contributed by atoms with Crippen LogP contribution in [0.1, 0.15) is 32.4 Å². The van der Waals surface area contributed by atoms with Crippen molar-refractivity contribution in [2.24, 2.45) is 0 Å². The molecule has 4 heteroatoms. The van der Waals surface area contributed by atoms with E-state index in [0.717, 1.165) is 22.3 Å². The van der Waals surface area contributed by atoms with Gasteiger partial charge in [-0.3, -0.25) is 0 Å². The summed E-state index contributed by atoms with van der Waals surface area (Å²) in [5, 5.41) is 3.43. The third-order valence-corrected chi connectivity index (χ3v) is 3.11. The Balaban J connectivity index is 2.89. The maximum atomic E-state index is 5.71. The Morgan fingerprint density at radius 2 is 2.06 bits per heavy atom. The molecule has 0 aliphatic rings. The molecule has 0 aliphatic carbocycles. The van der Waals surface area contributed by atoms with Crippen LogP contribution < -0.4 is 10.1 Å². The number of ether oxygens (including phenoxy) is 2. The van der Waals surface area contributed by atoms with E-state index < -0.39 is 0 Å². The van der Waals surface area contributed by atoms with Gasteiger partial charge in [0.05, 0.1) is 25.9 Å². The summed E-state index contributed by atoms with van der Waals surface area (Å²) in [5.74, 6) is 0.877. The number of hydrogen-bond acceptors (Lipinski definition) is 3. The first-order chi connectivity index (χ1) is 8.58. The molecule has 1 aromatic carbocycles. The number of methoxy groups -OCH3 is 1. The number of benzene rings is 1. The molecule has 102 valence electrons. The third kappa shape index (κ3) is 4.59. The molecular weight excluding hydrogens is 294 g/mol. The van der Waals surface area contributed by atoms with E-state index in [2.05, 4.69) is 34.2 Å². The summed E-state index contributed by atoms with van der Waals surface area (Å²) in [6, 6.07) is 6.23. The number of halogens is 1. The molecule has 0 saturated carbocycles. The summed E-state index contributed by atoms with van der Waals surface area (Å²) in [6.07, 6.45) is 0.229. The monoisotopic (exact) mass is 315 g/mol. The van der Waals surface area contributed by atoms with Gasteiger partial charge in [0, 0.05) is 10.0 Å². The highest BCUT2D eigenvalue weighted by Gasteiger charge is 2.16. The minimum atomic E-state index is 0.153. The van der Waals surface area contributed by atoms with E-state index in [1.54, 1.807) is 7.11 Å². The molecule has 0 spiro atoms. The van der Waals surface area contributed by atoms with E-state index in [1.165, 1.54) is 0 Å². The highest BCUT2D eigenvalue weighted by molar-refractivity contribution is 9.10. The van der Waals surface area contributed by atoms with Gasteiger partial charge in [0.2, 0.25) is 0 Å². The first-order valence-corrected chi connectivity index (χ1v) is 7.06. The Hall–Kier alpha value is -0.580. The van der Waals surface area contributed by atoms with E-state index in [9.17, 15) is 0 Å². The van der Waals surface area contributed by atoms with Crippen LogP contribution in [0.4, 0.5) is 0 Å². The average molecular weight is 316 g/mol. The van der Waals surface area contributed by atoms with Crippen molar-refractivity contribution in [3.05, 3.63) is 28.2 Å². The second-order valence-electron chi connectivity index (χ2n) is 4.38. The molecule has 0 bridgehead atoms. The molecule has 0 amide bonds. The molecule has 0 aromatic heterocycles. The first-order valence-electron chi connectivity index (χ1n) is 6.26. The largest absolute Gasteiger partial charge is 0.496 e. The molecular formula is C14H22BrNO2. The zero-order valence-electron chi connectivity index (χ0n) is 11.5. The van der Waals surface area contributed by atoms with Gasteiger partial charge in [0.25, 0.3) is 0 Å². The molecule has 3 nitrogen and oxygen atoms in total. The molecule has 1 N–H and O–H groups in total. The van der Waals surface area contributed by atoms with Crippen molar-refractivity contribution < 1.29 is 9.47 Å². The average Bonchev–Trinajstić information content (AvgIpc) is 2.34. The van der Waals surface area contributed by atoms with Crippen LogP contribution in [-0.4, -0.2) is 26.4 Å².